The molecule has 0 aliphatic carbocycles. The maximum absolute atomic E-state index is 12.7. The van der Waals surface area contributed by atoms with Crippen molar-refractivity contribution in [1.82, 2.24) is 20.1 Å². The van der Waals surface area contributed by atoms with Crippen LogP contribution < -0.4 is 15.0 Å². The zero-order valence-corrected chi connectivity index (χ0v) is 25.2. The number of carbonyl (C=O) groups is 1. The Morgan fingerprint density at radius 1 is 1.09 bits per heavy atom. The van der Waals surface area contributed by atoms with Gasteiger partial charge in [-0.25, -0.2) is 14.5 Å². The third-order valence-electron chi connectivity index (χ3n) is 7.27. The molecule has 44 heavy (non-hydrogen) atoms. The fourth-order valence-electron chi connectivity index (χ4n) is 4.92. The monoisotopic (exact) mass is 622 g/mol. The van der Waals surface area contributed by atoms with Crippen LogP contribution in [0.3, 0.4) is 0 Å². The van der Waals surface area contributed by atoms with E-state index in [4.69, 9.17) is 0 Å². The van der Waals surface area contributed by atoms with E-state index >= 15 is 0 Å². The Hall–Kier alpha value is -4.32. The van der Waals surface area contributed by atoms with E-state index in [1.54, 1.807) is 11.8 Å². The van der Waals surface area contributed by atoms with Gasteiger partial charge in [-0.15, -0.1) is 18.3 Å². The van der Waals surface area contributed by atoms with Crippen LogP contribution in [-0.2, 0) is 6.42 Å². The number of aliphatic imine (C=N–C) groups is 1. The number of hydrogen-bond donors (Lipinski definition) is 1. The van der Waals surface area contributed by atoms with Gasteiger partial charge in [-0.1, -0.05) is 68.1 Å². The maximum atomic E-state index is 12.7. The van der Waals surface area contributed by atoms with Gasteiger partial charge in [-0.3, -0.25) is 0 Å². The molecule has 1 aliphatic heterocycles. The quantitative estimate of drug-likeness (QED) is 0.207. The molecule has 1 aromatic heterocycles. The van der Waals surface area contributed by atoms with Crippen molar-refractivity contribution < 1.29 is 22.7 Å². The first-order chi connectivity index (χ1) is 21.2. The average molecular weight is 623 g/mol. The summed E-state index contributed by atoms with van der Waals surface area (Å²) < 4.78 is 42.6. The molecular weight excluding hydrogens is 589 g/mol. The van der Waals surface area contributed by atoms with Crippen molar-refractivity contribution in [3.63, 3.8) is 0 Å². The third kappa shape index (κ3) is 7.98. The molecule has 12 heteroatoms. The fraction of sp³-hybridized carbons (Fsp3) is 0.312. The second-order valence-electron chi connectivity index (χ2n) is 10.3. The highest BCUT2D eigenvalue weighted by molar-refractivity contribution is 8.14. The van der Waals surface area contributed by atoms with Gasteiger partial charge in [0.2, 0.25) is 0 Å². The van der Waals surface area contributed by atoms with Crippen molar-refractivity contribution in [2.24, 2.45) is 4.99 Å². The molecule has 3 aromatic carbocycles. The zero-order chi connectivity index (χ0) is 31.1. The summed E-state index contributed by atoms with van der Waals surface area (Å²) in [6.07, 6.45) is -0.545. The van der Waals surface area contributed by atoms with Gasteiger partial charge in [0.15, 0.2) is 11.0 Å². The number of carbonyl (C=O) groups excluding carboxylic acids is 1. The van der Waals surface area contributed by atoms with Gasteiger partial charge in [0.1, 0.15) is 12.1 Å². The lowest BCUT2D eigenvalue weighted by Crippen LogP contribution is -2.36. The number of nitrogens with zero attached hydrogens (tertiary/aromatic N) is 5. The number of para-hydroxylation sites is 1. The number of aryl methyl sites for hydroxylation is 1. The maximum Gasteiger partial charge on any atom is 0.573 e. The Kier molecular flexibility index (Phi) is 9.89. The molecule has 8 nitrogen and oxygen atoms in total. The number of halogens is 3. The highest BCUT2D eigenvalue weighted by Crippen LogP contribution is 2.29. The standard InChI is InChI=1S/C32H33F3N6O2S/c1-3-23-7-4-5-8-28(23)40-19-6-20-44-31(40)38-30(42)36-18-17-22(2)24-9-11-25(12-10-24)29-37-21-41(39-29)26-13-15-27(16-14-26)43-32(33,34)35/h4-5,7-16,21-22H,3,6,17-20H2,1-2H3,(H,36,42). The lowest BCUT2D eigenvalue weighted by Gasteiger charge is -2.31. The highest BCUT2D eigenvalue weighted by atomic mass is 32.2. The number of hydrogen-bond acceptors (Lipinski definition) is 5. The number of thioether (sulfide) groups is 1. The fourth-order valence-corrected chi connectivity index (χ4v) is 5.87. The molecule has 5 rings (SSSR count). The molecule has 0 saturated carbocycles. The number of amidine groups is 1. The zero-order valence-electron chi connectivity index (χ0n) is 24.4. The first kappa shape index (κ1) is 31.1. The number of rotatable bonds is 9. The second kappa shape index (κ2) is 14.0. The molecule has 2 amide bonds. The Labute approximate surface area is 258 Å². The van der Waals surface area contributed by atoms with E-state index in [2.05, 4.69) is 56.0 Å². The van der Waals surface area contributed by atoms with Gasteiger partial charge in [0, 0.05) is 30.1 Å². The van der Waals surface area contributed by atoms with E-state index < -0.39 is 6.36 Å². The van der Waals surface area contributed by atoms with E-state index in [9.17, 15) is 18.0 Å². The summed E-state index contributed by atoms with van der Waals surface area (Å²) in [5.41, 5.74) is 4.82. The summed E-state index contributed by atoms with van der Waals surface area (Å²) in [7, 11) is 0. The number of benzene rings is 3. The number of amides is 2. The molecule has 1 atom stereocenters. The number of aromatic nitrogens is 3. The summed E-state index contributed by atoms with van der Waals surface area (Å²) in [5.74, 6) is 1.31. The van der Waals surface area contributed by atoms with Crippen molar-refractivity contribution in [3.8, 4) is 22.8 Å². The first-order valence-corrected chi connectivity index (χ1v) is 15.4. The van der Waals surface area contributed by atoms with Gasteiger partial charge >= 0.3 is 12.4 Å². The van der Waals surface area contributed by atoms with E-state index in [1.165, 1.54) is 40.8 Å². The van der Waals surface area contributed by atoms with Gasteiger partial charge in [-0.2, -0.15) is 4.99 Å². The van der Waals surface area contributed by atoms with Crippen LogP contribution in [0.2, 0.25) is 0 Å². The minimum absolute atomic E-state index is 0.192. The van der Waals surface area contributed by atoms with Crippen molar-refractivity contribution in [3.05, 3.63) is 90.3 Å². The van der Waals surface area contributed by atoms with Crippen molar-refractivity contribution in [1.29, 1.82) is 0 Å². The lowest BCUT2D eigenvalue weighted by atomic mass is 9.96. The van der Waals surface area contributed by atoms with Crippen molar-refractivity contribution in [2.75, 3.05) is 23.7 Å². The largest absolute Gasteiger partial charge is 0.573 e. The molecule has 0 bridgehead atoms. The molecule has 4 aromatic rings. The average Bonchev–Trinajstić information content (AvgIpc) is 3.51. The first-order valence-electron chi connectivity index (χ1n) is 14.4. The highest BCUT2D eigenvalue weighted by Gasteiger charge is 2.31. The summed E-state index contributed by atoms with van der Waals surface area (Å²) in [4.78, 5) is 23.6. The molecular formula is C32H33F3N6O2S. The van der Waals surface area contributed by atoms with Crippen molar-refractivity contribution in [2.45, 2.75) is 45.4 Å². The van der Waals surface area contributed by atoms with Crippen LogP contribution in [0.5, 0.6) is 5.75 Å². The molecule has 1 fully saturated rings. The number of alkyl halides is 3. The van der Waals surface area contributed by atoms with Gasteiger partial charge in [0.05, 0.1) is 5.69 Å². The summed E-state index contributed by atoms with van der Waals surface area (Å²) in [6.45, 7) is 5.57. The summed E-state index contributed by atoms with van der Waals surface area (Å²) in [6, 6.07) is 21.2. The smallest absolute Gasteiger partial charge is 0.406 e. The molecule has 0 spiro atoms. The normalized spacial score (nSPS) is 15.3. The summed E-state index contributed by atoms with van der Waals surface area (Å²) >= 11 is 1.61. The Morgan fingerprint density at radius 2 is 1.84 bits per heavy atom. The van der Waals surface area contributed by atoms with Gasteiger partial charge in [-0.05, 0) is 66.6 Å². The van der Waals surface area contributed by atoms with Crippen LogP contribution in [0.25, 0.3) is 17.1 Å². The number of nitrogens with one attached hydrogen (secondary N) is 1. The van der Waals surface area contributed by atoms with Crippen LogP contribution >= 0.6 is 11.8 Å². The van der Waals surface area contributed by atoms with Crippen LogP contribution in [-0.4, -0.2) is 51.2 Å². The van der Waals surface area contributed by atoms with E-state index in [0.717, 1.165) is 53.5 Å². The van der Waals surface area contributed by atoms with E-state index in [1.807, 2.05) is 36.4 Å². The van der Waals surface area contributed by atoms with Gasteiger partial charge < -0.3 is 15.0 Å². The van der Waals surface area contributed by atoms with Crippen LogP contribution in [0.15, 0.2) is 84.1 Å². The molecule has 1 unspecified atom stereocenters. The molecule has 0 radical (unpaired) electrons. The SMILES string of the molecule is CCc1ccccc1N1CCCSC1=NC(=O)NCCC(C)c1ccc(-c2ncn(-c3ccc(OC(F)(F)F)cc3)n2)cc1. The Bertz CT molecular complexity index is 1590. The topological polar surface area (TPSA) is 84.6 Å². The van der Waals surface area contributed by atoms with Crippen LogP contribution in [0.4, 0.5) is 23.7 Å². The Morgan fingerprint density at radius 3 is 2.57 bits per heavy atom. The van der Waals surface area contributed by atoms with Crippen LogP contribution in [0, 0.1) is 0 Å². The number of ether oxygens (including phenoxy) is 1. The second-order valence-corrected chi connectivity index (χ2v) is 11.4. The predicted octanol–water partition coefficient (Wildman–Crippen LogP) is 7.60. The lowest BCUT2D eigenvalue weighted by molar-refractivity contribution is -0.274. The van der Waals surface area contributed by atoms with Crippen LogP contribution in [0.1, 0.15) is 43.7 Å². The molecule has 230 valence electrons. The predicted molar refractivity (Wildman–Crippen MR) is 168 cm³/mol. The number of anilines is 1. The molecule has 2 heterocycles. The van der Waals surface area contributed by atoms with Gasteiger partial charge in [0.25, 0.3) is 0 Å². The Balaban J connectivity index is 1.14. The van der Waals surface area contributed by atoms with E-state index in [0.29, 0.717) is 18.1 Å². The minimum atomic E-state index is -4.74. The molecule has 1 aliphatic rings. The minimum Gasteiger partial charge on any atom is -0.406 e. The van der Waals surface area contributed by atoms with E-state index in [-0.39, 0.29) is 17.7 Å². The number of urea groups is 1. The third-order valence-corrected chi connectivity index (χ3v) is 8.33. The molecule has 1 N–H and O–H groups in total. The van der Waals surface area contributed by atoms with Crippen molar-refractivity contribution >= 4 is 28.6 Å². The summed E-state index contributed by atoms with van der Waals surface area (Å²) in [5, 5.41) is 8.14. The molecule has 1 saturated heterocycles.